The number of rotatable bonds is 9. The third kappa shape index (κ3) is 5.92. The molecule has 1 N–H and O–H groups in total. The fraction of sp³-hybridized carbons (Fsp3) is 0.333. The Labute approximate surface area is 182 Å². The van der Waals surface area contributed by atoms with Gasteiger partial charge in [0.25, 0.3) is 5.91 Å². The third-order valence-corrected chi connectivity index (χ3v) is 4.80. The fourth-order valence-corrected chi connectivity index (χ4v) is 3.28. The van der Waals surface area contributed by atoms with E-state index in [1.807, 2.05) is 52.2 Å². The molecule has 1 amide bonds. The van der Waals surface area contributed by atoms with Gasteiger partial charge in [-0.1, -0.05) is 13.8 Å². The number of carbonyl (C=O) groups excluding carboxylic acids is 1. The summed E-state index contributed by atoms with van der Waals surface area (Å²) < 4.78 is 20.7. The van der Waals surface area contributed by atoms with Gasteiger partial charge >= 0.3 is 0 Å². The molecule has 1 heterocycles. The predicted octanol–water partition coefficient (Wildman–Crippen LogP) is 4.72. The predicted molar refractivity (Wildman–Crippen MR) is 121 cm³/mol. The Morgan fingerprint density at radius 2 is 1.81 bits per heavy atom. The topological polar surface area (TPSA) is 59.4 Å². The quantitative estimate of drug-likeness (QED) is 0.505. The molecular weight excluding hydrogens is 395 g/mol. The summed E-state index contributed by atoms with van der Waals surface area (Å²) in [6, 6.07) is 13.4. The van der Waals surface area contributed by atoms with E-state index in [2.05, 4.69) is 15.3 Å². The molecule has 2 aromatic carbocycles. The Hall–Kier alpha value is -3.19. The van der Waals surface area contributed by atoms with Gasteiger partial charge in [-0.05, 0) is 75.0 Å². The first-order chi connectivity index (χ1) is 14.8. The van der Waals surface area contributed by atoms with Crippen molar-refractivity contribution in [3.05, 3.63) is 71.8 Å². The monoisotopic (exact) mass is 424 g/mol. The zero-order valence-corrected chi connectivity index (χ0v) is 18.4. The number of carbonyl (C=O) groups is 1. The Morgan fingerprint density at radius 1 is 1.13 bits per heavy atom. The molecule has 0 saturated heterocycles. The van der Waals surface area contributed by atoms with E-state index < -0.39 is 0 Å². The average molecular weight is 425 g/mol. The highest BCUT2D eigenvalue weighted by Crippen LogP contribution is 2.24. The van der Waals surface area contributed by atoms with Crippen LogP contribution in [0.4, 0.5) is 10.1 Å². The number of amides is 1. The Morgan fingerprint density at radius 3 is 2.42 bits per heavy atom. The number of anilines is 1. The standard InChI is InChI=1S/C24H29FN4O2/c1-17(2)23-22(16-26-29(23)20-10-6-18(25)7-11-20)24(30)27-19-8-12-21(13-9-19)31-15-5-14-28(3)4/h6-13,16-17H,5,14-15H2,1-4H3,(H,27,30). The molecule has 3 rings (SSSR count). The smallest absolute Gasteiger partial charge is 0.259 e. The molecule has 0 aliphatic carbocycles. The number of hydrogen-bond acceptors (Lipinski definition) is 4. The Bertz CT molecular complexity index is 995. The lowest BCUT2D eigenvalue weighted by Crippen LogP contribution is -2.16. The Kier molecular flexibility index (Phi) is 7.41. The molecule has 0 fully saturated rings. The number of ether oxygens (including phenoxy) is 1. The van der Waals surface area contributed by atoms with Crippen LogP contribution in [0.25, 0.3) is 5.69 Å². The second-order valence-corrected chi connectivity index (χ2v) is 7.97. The number of nitrogens with one attached hydrogen (secondary N) is 1. The first kappa shape index (κ1) is 22.5. The summed E-state index contributed by atoms with van der Waals surface area (Å²) in [6.07, 6.45) is 2.50. The van der Waals surface area contributed by atoms with E-state index in [-0.39, 0.29) is 17.6 Å². The largest absolute Gasteiger partial charge is 0.494 e. The SMILES string of the molecule is CC(C)c1c(C(=O)Nc2ccc(OCCCN(C)C)cc2)cnn1-c1ccc(F)cc1. The van der Waals surface area contributed by atoms with E-state index in [1.54, 1.807) is 23.0 Å². The molecule has 0 bridgehead atoms. The van der Waals surface area contributed by atoms with E-state index in [0.717, 1.165) is 24.4 Å². The summed E-state index contributed by atoms with van der Waals surface area (Å²) in [6.45, 7) is 5.61. The molecule has 31 heavy (non-hydrogen) atoms. The molecule has 0 unspecified atom stereocenters. The van der Waals surface area contributed by atoms with E-state index >= 15 is 0 Å². The minimum absolute atomic E-state index is 0.0474. The third-order valence-electron chi connectivity index (χ3n) is 4.80. The van der Waals surface area contributed by atoms with Gasteiger partial charge in [0.15, 0.2) is 0 Å². The molecule has 3 aromatic rings. The summed E-state index contributed by atoms with van der Waals surface area (Å²) in [5.74, 6) is 0.261. The van der Waals surface area contributed by atoms with E-state index in [9.17, 15) is 9.18 Å². The fourth-order valence-electron chi connectivity index (χ4n) is 3.28. The Balaban J connectivity index is 1.69. The van der Waals surface area contributed by atoms with Crippen LogP contribution >= 0.6 is 0 Å². The molecule has 7 heteroatoms. The van der Waals surface area contributed by atoms with Gasteiger partial charge in [-0.2, -0.15) is 5.10 Å². The van der Waals surface area contributed by atoms with Crippen molar-refractivity contribution in [3.63, 3.8) is 0 Å². The minimum Gasteiger partial charge on any atom is -0.494 e. The van der Waals surface area contributed by atoms with Crippen molar-refractivity contribution in [1.29, 1.82) is 0 Å². The second kappa shape index (κ2) is 10.2. The number of aromatic nitrogens is 2. The highest BCUT2D eigenvalue weighted by Gasteiger charge is 2.21. The van der Waals surface area contributed by atoms with Crippen LogP contribution in [-0.4, -0.2) is 47.8 Å². The molecule has 164 valence electrons. The van der Waals surface area contributed by atoms with Gasteiger partial charge in [0.05, 0.1) is 29.7 Å². The van der Waals surface area contributed by atoms with Crippen molar-refractivity contribution in [2.75, 3.05) is 32.6 Å². The van der Waals surface area contributed by atoms with Crippen LogP contribution in [-0.2, 0) is 0 Å². The van der Waals surface area contributed by atoms with Gasteiger partial charge in [0, 0.05) is 12.2 Å². The molecular formula is C24H29FN4O2. The lowest BCUT2D eigenvalue weighted by molar-refractivity contribution is 0.102. The van der Waals surface area contributed by atoms with Gasteiger partial charge in [-0.25, -0.2) is 9.07 Å². The van der Waals surface area contributed by atoms with Crippen LogP contribution in [0.3, 0.4) is 0 Å². The highest BCUT2D eigenvalue weighted by atomic mass is 19.1. The minimum atomic E-state index is -0.315. The number of halogens is 1. The summed E-state index contributed by atoms with van der Waals surface area (Å²) in [5.41, 5.74) is 2.64. The first-order valence-corrected chi connectivity index (χ1v) is 10.4. The van der Waals surface area contributed by atoms with Crippen LogP contribution in [0, 0.1) is 5.82 Å². The average Bonchev–Trinajstić information content (AvgIpc) is 3.18. The van der Waals surface area contributed by atoms with Gasteiger partial charge in [0.1, 0.15) is 11.6 Å². The summed E-state index contributed by atoms with van der Waals surface area (Å²) in [7, 11) is 4.07. The van der Waals surface area contributed by atoms with Crippen LogP contribution < -0.4 is 10.1 Å². The zero-order valence-electron chi connectivity index (χ0n) is 18.4. The van der Waals surface area contributed by atoms with Crippen molar-refractivity contribution < 1.29 is 13.9 Å². The van der Waals surface area contributed by atoms with Gasteiger partial charge in [-0.3, -0.25) is 4.79 Å². The number of benzene rings is 2. The second-order valence-electron chi connectivity index (χ2n) is 7.97. The maximum Gasteiger partial charge on any atom is 0.259 e. The summed E-state index contributed by atoms with van der Waals surface area (Å²) >= 11 is 0. The molecule has 6 nitrogen and oxygen atoms in total. The molecule has 0 aliphatic heterocycles. The van der Waals surface area contributed by atoms with Crippen LogP contribution in [0.2, 0.25) is 0 Å². The van der Waals surface area contributed by atoms with Crippen LogP contribution in [0.5, 0.6) is 5.75 Å². The molecule has 1 aromatic heterocycles. The van der Waals surface area contributed by atoms with Crippen LogP contribution in [0.1, 0.15) is 42.2 Å². The molecule has 0 spiro atoms. The van der Waals surface area contributed by atoms with Crippen molar-refractivity contribution in [1.82, 2.24) is 14.7 Å². The highest BCUT2D eigenvalue weighted by molar-refractivity contribution is 6.05. The maximum atomic E-state index is 13.3. The first-order valence-electron chi connectivity index (χ1n) is 10.4. The molecule has 0 aliphatic rings. The maximum absolute atomic E-state index is 13.3. The normalized spacial score (nSPS) is 11.2. The van der Waals surface area contributed by atoms with Crippen molar-refractivity contribution >= 4 is 11.6 Å². The lowest BCUT2D eigenvalue weighted by Gasteiger charge is -2.13. The van der Waals surface area contributed by atoms with E-state index in [0.29, 0.717) is 23.5 Å². The molecule has 0 saturated carbocycles. The van der Waals surface area contributed by atoms with Gasteiger partial charge in [-0.15, -0.1) is 0 Å². The lowest BCUT2D eigenvalue weighted by atomic mass is 10.0. The zero-order chi connectivity index (χ0) is 22.4. The van der Waals surface area contributed by atoms with Crippen molar-refractivity contribution in [3.8, 4) is 11.4 Å². The van der Waals surface area contributed by atoms with E-state index in [4.69, 9.17) is 4.74 Å². The number of hydrogen-bond donors (Lipinski definition) is 1. The summed E-state index contributed by atoms with van der Waals surface area (Å²) in [4.78, 5) is 15.1. The molecule has 0 atom stereocenters. The van der Waals surface area contributed by atoms with E-state index in [1.165, 1.54) is 12.1 Å². The van der Waals surface area contributed by atoms with Crippen molar-refractivity contribution in [2.45, 2.75) is 26.2 Å². The summed E-state index contributed by atoms with van der Waals surface area (Å²) in [5, 5.41) is 7.30. The van der Waals surface area contributed by atoms with Crippen LogP contribution in [0.15, 0.2) is 54.7 Å². The van der Waals surface area contributed by atoms with Crippen molar-refractivity contribution in [2.24, 2.45) is 0 Å². The van der Waals surface area contributed by atoms with Gasteiger partial charge in [0.2, 0.25) is 0 Å². The number of nitrogens with zero attached hydrogens (tertiary/aromatic N) is 3. The van der Waals surface area contributed by atoms with Gasteiger partial charge < -0.3 is 15.0 Å². The molecule has 0 radical (unpaired) electrons.